The van der Waals surface area contributed by atoms with Crippen molar-refractivity contribution in [2.24, 2.45) is 5.73 Å². The average Bonchev–Trinajstić information content (AvgIpc) is 2.74. The zero-order valence-corrected chi connectivity index (χ0v) is 15.5. The lowest BCUT2D eigenvalue weighted by molar-refractivity contribution is 1.07. The maximum Gasteiger partial charge on any atom is 0.0184 e. The van der Waals surface area contributed by atoms with Crippen LogP contribution in [0.4, 0.5) is 0 Å². The molecule has 0 aliphatic rings. The van der Waals surface area contributed by atoms with Crippen LogP contribution in [0.2, 0.25) is 0 Å². The summed E-state index contributed by atoms with van der Waals surface area (Å²) < 4.78 is 0. The lowest BCUT2D eigenvalue weighted by Gasteiger charge is -2.10. The van der Waals surface area contributed by atoms with Crippen LogP contribution in [0.1, 0.15) is 11.1 Å². The van der Waals surface area contributed by atoms with Crippen molar-refractivity contribution in [1.29, 1.82) is 0 Å². The summed E-state index contributed by atoms with van der Waals surface area (Å²) in [5.74, 6) is 0. The molecule has 0 fully saturated rings. The van der Waals surface area contributed by atoms with Crippen LogP contribution in [-0.4, -0.2) is 0 Å². The molecule has 132 valence electrons. The summed E-state index contributed by atoms with van der Waals surface area (Å²) in [5.41, 5.74) is 15.7. The van der Waals surface area contributed by atoms with Gasteiger partial charge in [-0.2, -0.15) is 0 Å². The van der Waals surface area contributed by atoms with E-state index in [1.54, 1.807) is 0 Å². The molecule has 0 aliphatic carbocycles. The van der Waals surface area contributed by atoms with Crippen molar-refractivity contribution in [3.63, 3.8) is 0 Å². The van der Waals surface area contributed by atoms with Gasteiger partial charge in [0.25, 0.3) is 0 Å². The predicted molar refractivity (Wildman–Crippen MR) is 115 cm³/mol. The third-order valence-electron chi connectivity index (χ3n) is 5.01. The van der Waals surface area contributed by atoms with E-state index in [0.29, 0.717) is 6.54 Å². The SMILES string of the molecule is Cc1ccc(-c2ccc(-c3cccc(-c4ccccc4CN)c3)cc2)cc1. The van der Waals surface area contributed by atoms with Gasteiger partial charge < -0.3 is 5.73 Å². The summed E-state index contributed by atoms with van der Waals surface area (Å²) >= 11 is 0. The molecule has 1 heteroatoms. The van der Waals surface area contributed by atoms with Gasteiger partial charge in [-0.3, -0.25) is 0 Å². The molecule has 2 N–H and O–H groups in total. The van der Waals surface area contributed by atoms with E-state index in [2.05, 4.69) is 97.9 Å². The molecule has 4 rings (SSSR count). The Kier molecular flexibility index (Phi) is 4.86. The van der Waals surface area contributed by atoms with E-state index in [1.807, 2.05) is 6.07 Å². The van der Waals surface area contributed by atoms with Crippen molar-refractivity contribution in [2.75, 3.05) is 0 Å². The Hall–Kier alpha value is -3.16. The van der Waals surface area contributed by atoms with Crippen LogP contribution < -0.4 is 5.73 Å². The molecule has 1 nitrogen and oxygen atoms in total. The fourth-order valence-electron chi connectivity index (χ4n) is 3.45. The number of rotatable bonds is 4. The maximum absolute atomic E-state index is 5.92. The Bertz CT molecular complexity index is 1040. The van der Waals surface area contributed by atoms with E-state index >= 15 is 0 Å². The van der Waals surface area contributed by atoms with Crippen LogP contribution in [0.25, 0.3) is 33.4 Å². The van der Waals surface area contributed by atoms with Gasteiger partial charge in [0.1, 0.15) is 0 Å². The molecular weight excluding hydrogens is 326 g/mol. The van der Waals surface area contributed by atoms with Gasteiger partial charge in [-0.1, -0.05) is 96.6 Å². The minimum Gasteiger partial charge on any atom is -0.326 e. The van der Waals surface area contributed by atoms with Crippen molar-refractivity contribution in [3.05, 3.63) is 108 Å². The highest BCUT2D eigenvalue weighted by Crippen LogP contribution is 2.30. The monoisotopic (exact) mass is 349 g/mol. The standard InChI is InChI=1S/C26H23N/c1-19-9-11-20(12-10-19)21-13-15-22(16-14-21)23-6-4-7-24(17-23)26-8-3-2-5-25(26)18-27/h2-17H,18,27H2,1H3. The molecule has 27 heavy (non-hydrogen) atoms. The van der Waals surface area contributed by atoms with E-state index in [9.17, 15) is 0 Å². The highest BCUT2D eigenvalue weighted by Gasteiger charge is 2.06. The molecule has 4 aromatic rings. The van der Waals surface area contributed by atoms with Gasteiger partial charge in [0, 0.05) is 6.54 Å². The molecule has 4 aromatic carbocycles. The van der Waals surface area contributed by atoms with E-state index in [1.165, 1.54) is 44.5 Å². The molecule has 0 aromatic heterocycles. The first-order valence-electron chi connectivity index (χ1n) is 9.30. The van der Waals surface area contributed by atoms with Crippen molar-refractivity contribution < 1.29 is 0 Å². The number of aryl methyl sites for hydroxylation is 1. The van der Waals surface area contributed by atoms with Crippen LogP contribution in [0.15, 0.2) is 97.1 Å². The van der Waals surface area contributed by atoms with E-state index in [4.69, 9.17) is 5.73 Å². The van der Waals surface area contributed by atoms with Crippen LogP contribution in [-0.2, 0) is 6.54 Å². The van der Waals surface area contributed by atoms with Gasteiger partial charge in [-0.15, -0.1) is 0 Å². The Balaban J connectivity index is 1.67. The number of hydrogen-bond acceptors (Lipinski definition) is 1. The Morgan fingerprint density at radius 1 is 0.556 bits per heavy atom. The third-order valence-corrected chi connectivity index (χ3v) is 5.01. The summed E-state index contributed by atoms with van der Waals surface area (Å²) in [6.45, 7) is 2.66. The quantitative estimate of drug-likeness (QED) is 0.450. The maximum atomic E-state index is 5.92. The Morgan fingerprint density at radius 2 is 1.11 bits per heavy atom. The second-order valence-corrected chi connectivity index (χ2v) is 6.89. The van der Waals surface area contributed by atoms with Gasteiger partial charge >= 0.3 is 0 Å². The molecule has 0 radical (unpaired) electrons. The average molecular weight is 349 g/mol. The van der Waals surface area contributed by atoms with E-state index in [-0.39, 0.29) is 0 Å². The summed E-state index contributed by atoms with van der Waals surface area (Å²) in [5, 5.41) is 0. The second kappa shape index (κ2) is 7.61. The molecular formula is C26H23N. The first-order valence-corrected chi connectivity index (χ1v) is 9.30. The van der Waals surface area contributed by atoms with Crippen LogP contribution in [0.3, 0.4) is 0 Å². The molecule has 0 spiro atoms. The highest BCUT2D eigenvalue weighted by molar-refractivity contribution is 5.76. The van der Waals surface area contributed by atoms with Gasteiger partial charge in [0.15, 0.2) is 0 Å². The van der Waals surface area contributed by atoms with Crippen LogP contribution >= 0.6 is 0 Å². The minimum atomic E-state index is 0.547. The van der Waals surface area contributed by atoms with Crippen molar-refractivity contribution in [2.45, 2.75) is 13.5 Å². The molecule has 0 saturated heterocycles. The lowest BCUT2D eigenvalue weighted by atomic mass is 9.95. The smallest absolute Gasteiger partial charge is 0.0184 e. The molecule has 0 heterocycles. The highest BCUT2D eigenvalue weighted by atomic mass is 14.5. The first kappa shape index (κ1) is 17.3. The number of nitrogens with two attached hydrogens (primary N) is 1. The van der Waals surface area contributed by atoms with Gasteiger partial charge in [0.05, 0.1) is 0 Å². The van der Waals surface area contributed by atoms with Gasteiger partial charge in [0.2, 0.25) is 0 Å². The summed E-state index contributed by atoms with van der Waals surface area (Å²) in [6, 6.07) is 34.5. The van der Waals surface area contributed by atoms with Crippen molar-refractivity contribution in [3.8, 4) is 33.4 Å². The Labute approximate surface area is 161 Å². The Morgan fingerprint density at radius 3 is 1.78 bits per heavy atom. The van der Waals surface area contributed by atoms with Crippen molar-refractivity contribution in [1.82, 2.24) is 0 Å². The molecule has 0 saturated carbocycles. The number of benzene rings is 4. The van der Waals surface area contributed by atoms with Crippen LogP contribution in [0, 0.1) is 6.92 Å². The van der Waals surface area contributed by atoms with E-state index in [0.717, 1.165) is 0 Å². The normalized spacial score (nSPS) is 10.7. The van der Waals surface area contributed by atoms with Gasteiger partial charge in [-0.25, -0.2) is 0 Å². The fourth-order valence-corrected chi connectivity index (χ4v) is 3.45. The number of hydrogen-bond donors (Lipinski definition) is 1. The van der Waals surface area contributed by atoms with E-state index < -0.39 is 0 Å². The predicted octanol–water partition coefficient (Wildman–Crippen LogP) is 6.45. The molecule has 0 amide bonds. The minimum absolute atomic E-state index is 0.547. The first-order chi connectivity index (χ1) is 13.2. The summed E-state index contributed by atoms with van der Waals surface area (Å²) in [6.07, 6.45) is 0. The topological polar surface area (TPSA) is 26.0 Å². The summed E-state index contributed by atoms with van der Waals surface area (Å²) in [4.78, 5) is 0. The summed E-state index contributed by atoms with van der Waals surface area (Å²) in [7, 11) is 0. The zero-order chi connectivity index (χ0) is 18.6. The fraction of sp³-hybridized carbons (Fsp3) is 0.0769. The zero-order valence-electron chi connectivity index (χ0n) is 15.5. The molecule has 0 atom stereocenters. The molecule has 0 aliphatic heterocycles. The van der Waals surface area contributed by atoms with Crippen LogP contribution in [0.5, 0.6) is 0 Å². The second-order valence-electron chi connectivity index (χ2n) is 6.89. The largest absolute Gasteiger partial charge is 0.326 e. The lowest BCUT2D eigenvalue weighted by Crippen LogP contribution is -1.98. The third kappa shape index (κ3) is 3.69. The van der Waals surface area contributed by atoms with Crippen molar-refractivity contribution >= 4 is 0 Å². The molecule has 0 unspecified atom stereocenters. The molecule has 0 bridgehead atoms. The van der Waals surface area contributed by atoms with Gasteiger partial charge in [-0.05, 0) is 51.9 Å².